The molecule has 0 radical (unpaired) electrons. The van der Waals surface area contributed by atoms with Gasteiger partial charge in [0.05, 0.1) is 6.33 Å². The fourth-order valence-corrected chi connectivity index (χ4v) is 1.78. The van der Waals surface area contributed by atoms with Crippen molar-refractivity contribution in [2.45, 2.75) is 19.9 Å². The molecule has 0 bridgehead atoms. The third kappa shape index (κ3) is 4.93. The summed E-state index contributed by atoms with van der Waals surface area (Å²) in [7, 11) is 0. The second-order valence-electron chi connectivity index (χ2n) is 4.66. The van der Waals surface area contributed by atoms with Gasteiger partial charge in [-0.2, -0.15) is 0 Å². The number of benzene rings is 1. The minimum atomic E-state index is -0.273. The number of anilines is 2. The van der Waals surface area contributed by atoms with Gasteiger partial charge in [0, 0.05) is 43.3 Å². The summed E-state index contributed by atoms with van der Waals surface area (Å²) in [5.74, 6) is -0.0436. The molecule has 0 fully saturated rings. The molecule has 0 atom stereocenters. The van der Waals surface area contributed by atoms with Crippen molar-refractivity contribution in [1.29, 1.82) is 0 Å². The van der Waals surface area contributed by atoms with E-state index in [1.54, 1.807) is 43.7 Å². The number of aromatic nitrogens is 2. The first kappa shape index (κ1) is 15.6. The molecule has 1 aromatic carbocycles. The van der Waals surface area contributed by atoms with E-state index in [0.29, 0.717) is 30.9 Å². The highest BCUT2D eigenvalue weighted by Gasteiger charge is 2.02. The van der Waals surface area contributed by atoms with Crippen molar-refractivity contribution in [2.24, 2.45) is 0 Å². The average molecular weight is 301 g/mol. The second-order valence-corrected chi connectivity index (χ2v) is 4.66. The minimum absolute atomic E-state index is 0.0436. The fraction of sp³-hybridized carbons (Fsp3) is 0.267. The summed E-state index contributed by atoms with van der Waals surface area (Å²) in [6, 6.07) is 6.69. The van der Waals surface area contributed by atoms with Crippen LogP contribution in [0.2, 0.25) is 0 Å². The molecule has 3 N–H and O–H groups in total. The molecule has 0 aliphatic heterocycles. The highest BCUT2D eigenvalue weighted by molar-refractivity contribution is 5.92. The third-order valence-electron chi connectivity index (χ3n) is 2.96. The standard InChI is InChI=1S/C15H19N5O2/c1-2-14(21)18-12-3-5-13(6-4-12)19-15(22)17-8-10-20-9-7-16-11-20/h3-7,9,11H,2,8,10H2,1H3,(H,18,21)(H2,17,19,22). The number of hydrogen-bond donors (Lipinski definition) is 3. The molecule has 2 aromatic rings. The third-order valence-corrected chi connectivity index (χ3v) is 2.96. The topological polar surface area (TPSA) is 88.0 Å². The molecule has 0 saturated heterocycles. The molecule has 1 aromatic heterocycles. The van der Waals surface area contributed by atoms with Crippen molar-refractivity contribution in [1.82, 2.24) is 14.9 Å². The fourth-order valence-electron chi connectivity index (χ4n) is 1.78. The summed E-state index contributed by atoms with van der Waals surface area (Å²) in [4.78, 5) is 26.9. The monoisotopic (exact) mass is 301 g/mol. The molecular weight excluding hydrogens is 282 g/mol. The summed E-state index contributed by atoms with van der Waals surface area (Å²) in [5.41, 5.74) is 1.37. The summed E-state index contributed by atoms with van der Waals surface area (Å²) in [6.07, 6.45) is 5.66. The minimum Gasteiger partial charge on any atom is -0.336 e. The molecule has 22 heavy (non-hydrogen) atoms. The van der Waals surface area contributed by atoms with Crippen molar-refractivity contribution < 1.29 is 9.59 Å². The van der Waals surface area contributed by atoms with E-state index in [1.165, 1.54) is 0 Å². The Morgan fingerprint density at radius 1 is 1.14 bits per heavy atom. The second kappa shape index (κ2) is 7.82. The van der Waals surface area contributed by atoms with E-state index < -0.39 is 0 Å². The number of carbonyl (C=O) groups is 2. The van der Waals surface area contributed by atoms with Crippen LogP contribution < -0.4 is 16.0 Å². The zero-order valence-corrected chi connectivity index (χ0v) is 12.4. The summed E-state index contributed by atoms with van der Waals surface area (Å²) >= 11 is 0. The number of hydrogen-bond acceptors (Lipinski definition) is 3. The first-order valence-electron chi connectivity index (χ1n) is 7.08. The molecular formula is C15H19N5O2. The van der Waals surface area contributed by atoms with E-state index in [4.69, 9.17) is 0 Å². The van der Waals surface area contributed by atoms with Gasteiger partial charge < -0.3 is 20.5 Å². The molecule has 2 rings (SSSR count). The maximum Gasteiger partial charge on any atom is 0.319 e. The summed E-state index contributed by atoms with van der Waals surface area (Å²) in [5, 5.41) is 8.23. The van der Waals surface area contributed by atoms with Gasteiger partial charge in [-0.25, -0.2) is 9.78 Å². The highest BCUT2D eigenvalue weighted by Crippen LogP contribution is 2.13. The Bertz CT molecular complexity index is 607. The Morgan fingerprint density at radius 2 is 1.82 bits per heavy atom. The number of amides is 3. The normalized spacial score (nSPS) is 10.0. The van der Waals surface area contributed by atoms with E-state index >= 15 is 0 Å². The van der Waals surface area contributed by atoms with Crippen molar-refractivity contribution in [3.63, 3.8) is 0 Å². The zero-order valence-electron chi connectivity index (χ0n) is 12.4. The molecule has 0 saturated carbocycles. The predicted molar refractivity (Wildman–Crippen MR) is 84.6 cm³/mol. The molecule has 1 heterocycles. The van der Waals surface area contributed by atoms with Crippen molar-refractivity contribution in [3.8, 4) is 0 Å². The SMILES string of the molecule is CCC(=O)Nc1ccc(NC(=O)NCCn2ccnc2)cc1. The molecule has 116 valence electrons. The first-order chi connectivity index (χ1) is 10.7. The van der Waals surface area contributed by atoms with Gasteiger partial charge in [0.25, 0.3) is 0 Å². The van der Waals surface area contributed by atoms with E-state index in [2.05, 4.69) is 20.9 Å². The lowest BCUT2D eigenvalue weighted by Crippen LogP contribution is -2.31. The maximum absolute atomic E-state index is 11.7. The Balaban J connectivity index is 1.75. The van der Waals surface area contributed by atoms with Gasteiger partial charge in [0.2, 0.25) is 5.91 Å². The van der Waals surface area contributed by atoms with E-state index in [-0.39, 0.29) is 11.9 Å². The van der Waals surface area contributed by atoms with Crippen LogP contribution in [0.1, 0.15) is 13.3 Å². The van der Waals surface area contributed by atoms with Crippen LogP contribution in [0.25, 0.3) is 0 Å². The largest absolute Gasteiger partial charge is 0.336 e. The molecule has 0 spiro atoms. The number of urea groups is 1. The van der Waals surface area contributed by atoms with Gasteiger partial charge in [-0.15, -0.1) is 0 Å². The number of imidazole rings is 1. The predicted octanol–water partition coefficient (Wildman–Crippen LogP) is 2.05. The van der Waals surface area contributed by atoms with Gasteiger partial charge in [0.1, 0.15) is 0 Å². The Morgan fingerprint density at radius 3 is 2.41 bits per heavy atom. The van der Waals surface area contributed by atoms with Crippen molar-refractivity contribution in [3.05, 3.63) is 43.0 Å². The zero-order chi connectivity index (χ0) is 15.8. The maximum atomic E-state index is 11.7. The van der Waals surface area contributed by atoms with Gasteiger partial charge in [-0.05, 0) is 24.3 Å². The van der Waals surface area contributed by atoms with E-state index in [1.807, 2.05) is 10.8 Å². The molecule has 0 aliphatic carbocycles. The molecule has 3 amide bonds. The lowest BCUT2D eigenvalue weighted by Gasteiger charge is -2.09. The lowest BCUT2D eigenvalue weighted by molar-refractivity contribution is -0.115. The molecule has 0 aliphatic rings. The molecule has 7 heteroatoms. The van der Waals surface area contributed by atoms with Crippen molar-refractivity contribution >= 4 is 23.3 Å². The number of carbonyl (C=O) groups excluding carboxylic acids is 2. The number of nitrogens with one attached hydrogen (secondary N) is 3. The summed E-state index contributed by atoms with van der Waals surface area (Å²) in [6.45, 7) is 2.96. The van der Waals surface area contributed by atoms with E-state index in [9.17, 15) is 9.59 Å². The van der Waals surface area contributed by atoms with Crippen LogP contribution in [0.5, 0.6) is 0 Å². The highest BCUT2D eigenvalue weighted by atomic mass is 16.2. The average Bonchev–Trinajstić information content (AvgIpc) is 3.02. The van der Waals surface area contributed by atoms with Gasteiger partial charge in [0.15, 0.2) is 0 Å². The Kier molecular flexibility index (Phi) is 5.53. The Hall–Kier alpha value is -2.83. The first-order valence-corrected chi connectivity index (χ1v) is 7.08. The lowest BCUT2D eigenvalue weighted by atomic mass is 10.2. The van der Waals surface area contributed by atoms with Gasteiger partial charge in [-0.1, -0.05) is 6.92 Å². The molecule has 7 nitrogen and oxygen atoms in total. The Labute approximate surface area is 128 Å². The molecule has 0 unspecified atom stereocenters. The van der Waals surface area contributed by atoms with Gasteiger partial charge in [-0.3, -0.25) is 4.79 Å². The van der Waals surface area contributed by atoms with Crippen LogP contribution in [-0.4, -0.2) is 28.0 Å². The smallest absolute Gasteiger partial charge is 0.319 e. The van der Waals surface area contributed by atoms with Crippen molar-refractivity contribution in [2.75, 3.05) is 17.2 Å². The quantitative estimate of drug-likeness (QED) is 0.763. The van der Waals surface area contributed by atoms with Crippen LogP contribution in [0, 0.1) is 0 Å². The van der Waals surface area contributed by atoms with Crippen LogP contribution >= 0.6 is 0 Å². The summed E-state index contributed by atoms with van der Waals surface area (Å²) < 4.78 is 1.88. The van der Waals surface area contributed by atoms with Gasteiger partial charge >= 0.3 is 6.03 Å². The van der Waals surface area contributed by atoms with Crippen LogP contribution in [0.15, 0.2) is 43.0 Å². The number of nitrogens with zero attached hydrogens (tertiary/aromatic N) is 2. The van der Waals surface area contributed by atoms with Crippen LogP contribution in [0.4, 0.5) is 16.2 Å². The van der Waals surface area contributed by atoms with E-state index in [0.717, 1.165) is 0 Å². The number of rotatable bonds is 6. The van der Waals surface area contributed by atoms with Crippen LogP contribution in [0.3, 0.4) is 0 Å². The van der Waals surface area contributed by atoms with Crippen LogP contribution in [-0.2, 0) is 11.3 Å².